The number of nitrogens with zero attached hydrogens (tertiary/aromatic N) is 2. The van der Waals surface area contributed by atoms with Gasteiger partial charge in [0.15, 0.2) is 0 Å². The number of thioether (sulfide) groups is 1. The Morgan fingerprint density at radius 3 is 2.58 bits per heavy atom. The van der Waals surface area contributed by atoms with Gasteiger partial charge in [-0.05, 0) is 81.3 Å². The quantitative estimate of drug-likeness (QED) is 0.147. The van der Waals surface area contributed by atoms with Crippen LogP contribution in [0, 0.1) is 10.1 Å². The van der Waals surface area contributed by atoms with Crippen molar-refractivity contribution in [1.82, 2.24) is 4.90 Å². The maximum atomic E-state index is 12.8. The fourth-order valence-corrected chi connectivity index (χ4v) is 4.56. The normalized spacial score (nSPS) is 14.4. The lowest BCUT2D eigenvalue weighted by Crippen LogP contribution is -2.27. The molecule has 1 aliphatic heterocycles. The summed E-state index contributed by atoms with van der Waals surface area (Å²) in [7, 11) is 1.22. The first-order chi connectivity index (χ1) is 17.2. The average Bonchev–Trinajstić information content (AvgIpc) is 3.43. The second kappa shape index (κ2) is 10.8. The number of non-ortho nitro benzene ring substituents is 1. The molecule has 0 unspecified atom stereocenters. The third kappa shape index (κ3) is 5.66. The van der Waals surface area contributed by atoms with Gasteiger partial charge in [-0.1, -0.05) is 6.07 Å². The number of halogens is 1. The lowest BCUT2D eigenvalue weighted by atomic mass is 10.2. The Hall–Kier alpha value is -3.90. The van der Waals surface area contributed by atoms with Crippen molar-refractivity contribution >= 4 is 56.6 Å². The van der Waals surface area contributed by atoms with E-state index in [1.54, 1.807) is 36.4 Å². The molecule has 1 aromatic heterocycles. The second-order valence-electron chi connectivity index (χ2n) is 7.43. The number of hydrogen-bond donors (Lipinski definition) is 0. The van der Waals surface area contributed by atoms with Gasteiger partial charge in [-0.2, -0.15) is 0 Å². The fraction of sp³-hybridized carbons (Fsp3) is 0.125. The number of hydrogen-bond acceptors (Lipinski definition) is 9. The van der Waals surface area contributed by atoms with Crippen LogP contribution >= 0.6 is 27.7 Å². The van der Waals surface area contributed by atoms with Gasteiger partial charge in [-0.25, -0.2) is 4.79 Å². The Morgan fingerprint density at radius 1 is 1.17 bits per heavy atom. The molecule has 2 heterocycles. The van der Waals surface area contributed by atoms with Crippen LogP contribution in [0.2, 0.25) is 0 Å². The van der Waals surface area contributed by atoms with E-state index in [1.807, 2.05) is 0 Å². The molecular formula is C24H17BrN2O8S. The van der Waals surface area contributed by atoms with Crippen LogP contribution in [0.15, 0.2) is 68.4 Å². The molecule has 184 valence electrons. The first-order valence-electron chi connectivity index (χ1n) is 10.3. The van der Waals surface area contributed by atoms with E-state index in [0.717, 1.165) is 22.2 Å². The summed E-state index contributed by atoms with van der Waals surface area (Å²) >= 11 is 4.25. The largest absolute Gasteiger partial charge is 0.488 e. The molecule has 1 fully saturated rings. The maximum absolute atomic E-state index is 12.8. The third-order valence-corrected chi connectivity index (χ3v) is 6.56. The van der Waals surface area contributed by atoms with Crippen LogP contribution in [0.1, 0.15) is 27.4 Å². The lowest BCUT2D eigenvalue weighted by Gasteiger charge is -2.10. The van der Waals surface area contributed by atoms with E-state index in [2.05, 4.69) is 20.7 Å². The minimum atomic E-state index is -0.652. The highest BCUT2D eigenvalue weighted by atomic mass is 79.9. The number of benzene rings is 2. The summed E-state index contributed by atoms with van der Waals surface area (Å²) in [6.07, 6.45) is 1.60. The predicted octanol–water partition coefficient (Wildman–Crippen LogP) is 5.55. The van der Waals surface area contributed by atoms with E-state index >= 15 is 0 Å². The molecule has 0 N–H and O–H groups in total. The van der Waals surface area contributed by atoms with E-state index < -0.39 is 22.0 Å². The maximum Gasteiger partial charge on any atom is 0.373 e. The van der Waals surface area contributed by atoms with E-state index in [4.69, 9.17) is 9.15 Å². The smallest absolute Gasteiger partial charge is 0.373 e. The molecule has 2 amide bonds. The van der Waals surface area contributed by atoms with Crippen molar-refractivity contribution in [2.24, 2.45) is 0 Å². The summed E-state index contributed by atoms with van der Waals surface area (Å²) in [5.74, 6) is -0.332. The molecule has 36 heavy (non-hydrogen) atoms. The van der Waals surface area contributed by atoms with Gasteiger partial charge < -0.3 is 13.9 Å². The SMILES string of the molecule is COC(=O)c1ccc(CN2C(=O)S/C(=C/c3ccc(OCc4ccc([N+](=O)[O-])cc4)c(Br)c3)C2=O)o1. The molecule has 1 saturated heterocycles. The minimum Gasteiger partial charge on any atom is -0.488 e. The zero-order chi connectivity index (χ0) is 25.8. The molecule has 12 heteroatoms. The average molecular weight is 573 g/mol. The number of amides is 2. The molecule has 0 atom stereocenters. The third-order valence-electron chi connectivity index (χ3n) is 5.03. The van der Waals surface area contributed by atoms with Crippen molar-refractivity contribution in [3.63, 3.8) is 0 Å². The number of nitro groups is 1. The van der Waals surface area contributed by atoms with Crippen molar-refractivity contribution in [2.45, 2.75) is 13.2 Å². The number of carbonyl (C=O) groups is 3. The molecule has 1 aliphatic rings. The van der Waals surface area contributed by atoms with Crippen LogP contribution in [0.3, 0.4) is 0 Å². The molecule has 10 nitrogen and oxygen atoms in total. The van der Waals surface area contributed by atoms with Crippen LogP contribution in [0.5, 0.6) is 5.75 Å². The molecular weight excluding hydrogens is 556 g/mol. The van der Waals surface area contributed by atoms with Gasteiger partial charge in [0.25, 0.3) is 16.8 Å². The Morgan fingerprint density at radius 2 is 1.92 bits per heavy atom. The molecule has 0 radical (unpaired) electrons. The highest BCUT2D eigenvalue weighted by Crippen LogP contribution is 2.35. The molecule has 0 bridgehead atoms. The standard InChI is InChI=1S/C24H17BrN2O8S/c1-33-23(29)20-9-7-17(35-20)12-26-22(28)21(36-24(26)30)11-15-4-8-19(18(25)10-15)34-13-14-2-5-16(6-3-14)27(31)32/h2-11H,12-13H2,1H3/b21-11+. The number of rotatable bonds is 8. The van der Waals surface area contributed by atoms with E-state index in [-0.39, 0.29) is 35.3 Å². The van der Waals surface area contributed by atoms with Crippen molar-refractivity contribution in [1.29, 1.82) is 0 Å². The summed E-state index contributed by atoms with van der Waals surface area (Å²) in [5, 5.41) is 10.3. The van der Waals surface area contributed by atoms with Crippen LogP contribution < -0.4 is 4.74 Å². The Labute approximate surface area is 217 Å². The predicted molar refractivity (Wildman–Crippen MR) is 133 cm³/mol. The summed E-state index contributed by atoms with van der Waals surface area (Å²) in [6.45, 7) is 0.0947. The van der Waals surface area contributed by atoms with Gasteiger partial charge >= 0.3 is 5.97 Å². The topological polar surface area (TPSA) is 129 Å². The molecule has 0 spiro atoms. The van der Waals surface area contributed by atoms with Gasteiger partial charge in [-0.15, -0.1) is 0 Å². The number of imide groups is 1. The molecule has 0 saturated carbocycles. The van der Waals surface area contributed by atoms with Crippen LogP contribution in [0.25, 0.3) is 6.08 Å². The Kier molecular flexibility index (Phi) is 7.55. The Balaban J connectivity index is 1.41. The monoisotopic (exact) mass is 572 g/mol. The summed E-state index contributed by atoms with van der Waals surface area (Å²) in [6, 6.07) is 14.2. The highest BCUT2D eigenvalue weighted by molar-refractivity contribution is 9.10. The van der Waals surface area contributed by atoms with Crippen LogP contribution in [-0.4, -0.2) is 34.0 Å². The van der Waals surface area contributed by atoms with E-state index in [0.29, 0.717) is 15.8 Å². The molecule has 0 aliphatic carbocycles. The second-order valence-corrected chi connectivity index (χ2v) is 9.28. The van der Waals surface area contributed by atoms with Gasteiger partial charge in [0.2, 0.25) is 5.76 Å². The number of ether oxygens (including phenoxy) is 2. The number of carbonyl (C=O) groups excluding carboxylic acids is 3. The first-order valence-corrected chi connectivity index (χ1v) is 11.9. The van der Waals surface area contributed by atoms with Crippen molar-refractivity contribution in [3.8, 4) is 5.75 Å². The number of furan rings is 1. The van der Waals surface area contributed by atoms with E-state index in [9.17, 15) is 24.5 Å². The van der Waals surface area contributed by atoms with Crippen LogP contribution in [0.4, 0.5) is 10.5 Å². The minimum absolute atomic E-state index is 0.00352. The fourth-order valence-electron chi connectivity index (χ4n) is 3.22. The lowest BCUT2D eigenvalue weighted by molar-refractivity contribution is -0.384. The molecule has 3 aromatic rings. The zero-order valence-corrected chi connectivity index (χ0v) is 21.0. The van der Waals surface area contributed by atoms with Gasteiger partial charge in [0.1, 0.15) is 18.1 Å². The van der Waals surface area contributed by atoms with Crippen molar-refractivity contribution in [2.75, 3.05) is 7.11 Å². The van der Waals surface area contributed by atoms with E-state index in [1.165, 1.54) is 31.4 Å². The summed E-state index contributed by atoms with van der Waals surface area (Å²) < 4.78 is 16.3. The summed E-state index contributed by atoms with van der Waals surface area (Å²) in [4.78, 5) is 48.3. The van der Waals surface area contributed by atoms with Crippen LogP contribution in [-0.2, 0) is 22.7 Å². The summed E-state index contributed by atoms with van der Waals surface area (Å²) in [5.41, 5.74) is 1.44. The number of esters is 1. The van der Waals surface area contributed by atoms with Crippen molar-refractivity contribution < 1.29 is 33.2 Å². The first kappa shape index (κ1) is 25.2. The zero-order valence-electron chi connectivity index (χ0n) is 18.6. The van der Waals surface area contributed by atoms with Crippen molar-refractivity contribution in [3.05, 3.63) is 96.7 Å². The number of methoxy groups -OCH3 is 1. The van der Waals surface area contributed by atoms with Gasteiger partial charge in [0.05, 0.1) is 28.0 Å². The van der Waals surface area contributed by atoms with Gasteiger partial charge in [0, 0.05) is 12.1 Å². The highest BCUT2D eigenvalue weighted by Gasteiger charge is 2.35. The van der Waals surface area contributed by atoms with Gasteiger partial charge in [-0.3, -0.25) is 24.6 Å². The number of nitro benzene ring substituents is 1. The Bertz CT molecular complexity index is 1380. The molecule has 2 aromatic carbocycles. The molecule has 4 rings (SSSR count).